The van der Waals surface area contributed by atoms with Crippen molar-refractivity contribution in [1.29, 1.82) is 0 Å². The van der Waals surface area contributed by atoms with Crippen molar-refractivity contribution in [3.63, 3.8) is 0 Å². The van der Waals surface area contributed by atoms with E-state index in [1.54, 1.807) is 17.8 Å². The molecule has 0 radical (unpaired) electrons. The Hall–Kier alpha value is -0.720. The topological polar surface area (TPSA) is 60.4 Å². The molecule has 1 aliphatic heterocycles. The molecule has 1 aromatic carbocycles. The highest BCUT2D eigenvalue weighted by Gasteiger charge is 2.19. The van der Waals surface area contributed by atoms with Crippen LogP contribution in [-0.2, 0) is 10.1 Å². The average molecular weight is 244 g/mol. The first-order valence-corrected chi connectivity index (χ1v) is 6.89. The number of rotatable bonds is 2. The Kier molecular flexibility index (Phi) is 2.66. The molecule has 82 valence electrons. The maximum Gasteiger partial charge on any atom is 0.124 e. The minimum absolute atomic E-state index is 0.147. The van der Waals surface area contributed by atoms with Gasteiger partial charge in [0.25, 0.3) is 0 Å². The minimum Gasteiger partial charge on any atom is -0.744 e. The Morgan fingerprint density at radius 2 is 2.27 bits per heavy atom. The van der Waals surface area contributed by atoms with E-state index < -0.39 is 10.1 Å². The molecule has 0 spiro atoms. The van der Waals surface area contributed by atoms with Crippen LogP contribution in [-0.4, -0.2) is 25.4 Å². The normalized spacial score (nSPS) is 15.5. The lowest BCUT2D eigenvalue weighted by Gasteiger charge is -2.15. The smallest absolute Gasteiger partial charge is 0.124 e. The van der Waals surface area contributed by atoms with Gasteiger partial charge < -0.3 is 9.45 Å². The van der Waals surface area contributed by atoms with Crippen molar-refractivity contribution >= 4 is 27.6 Å². The molecule has 0 unspecified atom stereocenters. The van der Waals surface area contributed by atoms with E-state index in [1.165, 1.54) is 12.1 Å². The highest BCUT2D eigenvalue weighted by Crippen LogP contribution is 2.39. The van der Waals surface area contributed by atoms with Crippen molar-refractivity contribution in [2.24, 2.45) is 0 Å². The molecule has 0 amide bonds. The predicted molar refractivity (Wildman–Crippen MR) is 58.1 cm³/mol. The monoisotopic (exact) mass is 244 g/mol. The summed E-state index contributed by atoms with van der Waals surface area (Å²) >= 11 is 1.55. The second kappa shape index (κ2) is 3.70. The van der Waals surface area contributed by atoms with Crippen molar-refractivity contribution in [3.05, 3.63) is 18.2 Å². The summed E-state index contributed by atoms with van der Waals surface area (Å²) in [6.45, 7) is 2.91. The summed E-state index contributed by atoms with van der Waals surface area (Å²) < 4.78 is 32.4. The van der Waals surface area contributed by atoms with Gasteiger partial charge >= 0.3 is 0 Å². The number of hydrogen-bond donors (Lipinski definition) is 0. The third-order valence-corrected chi connectivity index (χ3v) is 4.23. The Labute approximate surface area is 93.0 Å². The zero-order valence-corrected chi connectivity index (χ0v) is 9.77. The summed E-state index contributed by atoms with van der Waals surface area (Å²) in [5.74, 6) is 0.814. The maximum atomic E-state index is 10.8. The zero-order chi connectivity index (χ0) is 11.1. The number of hydrogen-bond acceptors (Lipinski definition) is 5. The van der Waals surface area contributed by atoms with E-state index in [4.69, 9.17) is 0 Å². The molecule has 0 saturated heterocycles. The number of anilines is 1. The van der Waals surface area contributed by atoms with Crippen LogP contribution in [0.25, 0.3) is 0 Å². The van der Waals surface area contributed by atoms with Crippen LogP contribution in [0.5, 0.6) is 0 Å². The quantitative estimate of drug-likeness (QED) is 0.737. The lowest BCUT2D eigenvalue weighted by atomic mass is 10.3. The third kappa shape index (κ3) is 1.97. The van der Waals surface area contributed by atoms with Crippen LogP contribution in [0, 0.1) is 0 Å². The van der Waals surface area contributed by atoms with Gasteiger partial charge in [-0.05, 0) is 25.1 Å². The summed E-state index contributed by atoms with van der Waals surface area (Å²) in [5, 5.41) is 0. The van der Waals surface area contributed by atoms with E-state index in [9.17, 15) is 13.0 Å². The molecule has 2 rings (SSSR count). The highest BCUT2D eigenvalue weighted by atomic mass is 32.2. The third-order valence-electron chi connectivity index (χ3n) is 2.32. The summed E-state index contributed by atoms with van der Waals surface area (Å²) in [6, 6.07) is 4.53. The van der Waals surface area contributed by atoms with Crippen molar-refractivity contribution in [2.45, 2.75) is 16.7 Å². The fraction of sp³-hybridized carbons (Fsp3) is 0.333. The number of nitrogens with zero attached hydrogens (tertiary/aromatic N) is 1. The fourth-order valence-corrected chi connectivity index (χ4v) is 3.25. The lowest BCUT2D eigenvalue weighted by Crippen LogP contribution is -2.17. The van der Waals surface area contributed by atoms with Gasteiger partial charge in [0.2, 0.25) is 0 Å². The Bertz CT molecular complexity index is 484. The summed E-state index contributed by atoms with van der Waals surface area (Å²) in [5.41, 5.74) is 1.01. The SMILES string of the molecule is CCN1CSc2cc(S(=O)(=O)[O-])ccc21. The van der Waals surface area contributed by atoms with E-state index in [0.717, 1.165) is 23.0 Å². The van der Waals surface area contributed by atoms with E-state index in [0.29, 0.717) is 0 Å². The standard InChI is InChI=1S/C9H11NO3S2/c1-2-10-6-14-9-5-7(15(11,12)13)3-4-8(9)10/h3-5H,2,6H2,1H3,(H,11,12,13)/p-1. The molecule has 6 heteroatoms. The van der Waals surface area contributed by atoms with Crippen molar-refractivity contribution in [2.75, 3.05) is 17.3 Å². The largest absolute Gasteiger partial charge is 0.744 e. The van der Waals surface area contributed by atoms with Gasteiger partial charge in [-0.1, -0.05) is 0 Å². The van der Waals surface area contributed by atoms with Crippen LogP contribution in [0.15, 0.2) is 28.0 Å². The maximum absolute atomic E-state index is 10.8. The van der Waals surface area contributed by atoms with Crippen LogP contribution in [0.3, 0.4) is 0 Å². The van der Waals surface area contributed by atoms with Crippen LogP contribution in [0.2, 0.25) is 0 Å². The number of thioether (sulfide) groups is 1. The van der Waals surface area contributed by atoms with Crippen LogP contribution >= 0.6 is 11.8 Å². The fourth-order valence-electron chi connectivity index (χ4n) is 1.51. The van der Waals surface area contributed by atoms with Gasteiger partial charge in [-0.2, -0.15) is 0 Å². The molecule has 4 nitrogen and oxygen atoms in total. The first-order chi connectivity index (χ1) is 7.02. The van der Waals surface area contributed by atoms with Crippen molar-refractivity contribution in [1.82, 2.24) is 0 Å². The molecule has 0 N–H and O–H groups in total. The molecule has 0 aromatic heterocycles. The molecule has 0 atom stereocenters. The van der Waals surface area contributed by atoms with Gasteiger partial charge in [0.15, 0.2) is 0 Å². The molecule has 1 heterocycles. The molecule has 0 fully saturated rings. The van der Waals surface area contributed by atoms with Gasteiger partial charge in [0, 0.05) is 11.4 Å². The van der Waals surface area contributed by atoms with Crippen molar-refractivity contribution in [3.8, 4) is 0 Å². The molecular formula is C9H10NO3S2-. The summed E-state index contributed by atoms with van der Waals surface area (Å²) in [4.78, 5) is 2.85. The van der Waals surface area contributed by atoms with Crippen LogP contribution < -0.4 is 4.90 Å². The molecule has 1 aromatic rings. The average Bonchev–Trinajstić information content (AvgIpc) is 2.58. The van der Waals surface area contributed by atoms with Gasteiger partial charge in [0.1, 0.15) is 10.1 Å². The number of benzene rings is 1. The molecule has 0 aliphatic carbocycles. The predicted octanol–water partition coefficient (Wildman–Crippen LogP) is 1.48. The van der Waals surface area contributed by atoms with Crippen LogP contribution in [0.4, 0.5) is 5.69 Å². The molecule has 0 bridgehead atoms. The van der Waals surface area contributed by atoms with E-state index >= 15 is 0 Å². The Morgan fingerprint density at radius 1 is 1.53 bits per heavy atom. The van der Waals surface area contributed by atoms with Gasteiger partial charge in [-0.25, -0.2) is 8.42 Å². The van der Waals surface area contributed by atoms with Gasteiger partial charge in [0.05, 0.1) is 16.5 Å². The van der Waals surface area contributed by atoms with E-state index in [1.807, 2.05) is 6.92 Å². The van der Waals surface area contributed by atoms with Gasteiger partial charge in [-0.3, -0.25) is 0 Å². The molecule has 0 saturated carbocycles. The Morgan fingerprint density at radius 3 is 2.87 bits per heavy atom. The van der Waals surface area contributed by atoms with Crippen molar-refractivity contribution < 1.29 is 13.0 Å². The highest BCUT2D eigenvalue weighted by molar-refractivity contribution is 8.00. The molecule has 1 aliphatic rings. The van der Waals surface area contributed by atoms with E-state index in [-0.39, 0.29) is 4.90 Å². The lowest BCUT2D eigenvalue weighted by molar-refractivity contribution is 0.463. The molecular weight excluding hydrogens is 234 g/mol. The second-order valence-electron chi connectivity index (χ2n) is 3.21. The zero-order valence-electron chi connectivity index (χ0n) is 8.13. The number of fused-ring (bicyclic) bond motifs is 1. The first-order valence-electron chi connectivity index (χ1n) is 4.50. The summed E-state index contributed by atoms with van der Waals surface area (Å²) in [6.07, 6.45) is 0. The molecule has 15 heavy (non-hydrogen) atoms. The second-order valence-corrected chi connectivity index (χ2v) is 5.58. The first kappa shape index (κ1) is 10.8. The minimum atomic E-state index is -4.33. The van der Waals surface area contributed by atoms with Gasteiger partial charge in [-0.15, -0.1) is 11.8 Å². The summed E-state index contributed by atoms with van der Waals surface area (Å²) in [7, 11) is -4.33. The van der Waals surface area contributed by atoms with E-state index in [2.05, 4.69) is 4.90 Å². The Balaban J connectivity index is 2.46. The van der Waals surface area contributed by atoms with Crippen LogP contribution in [0.1, 0.15) is 6.92 Å².